The van der Waals surface area contributed by atoms with E-state index >= 15 is 0 Å². The van der Waals surface area contributed by atoms with Crippen LogP contribution in [0.4, 0.5) is 0 Å². The molecule has 3 heteroatoms. The molecule has 0 aliphatic carbocycles. The topological polar surface area (TPSA) is 54.7 Å². The number of nitrogens with one attached hydrogen (secondary N) is 1. The highest BCUT2D eigenvalue weighted by atomic mass is 15.1. The number of aryl methyl sites for hydroxylation is 1. The van der Waals surface area contributed by atoms with E-state index in [2.05, 4.69) is 22.3 Å². The number of aromatic amines is 1. The Balaban J connectivity index is 2.25. The normalized spacial score (nSPS) is 10.5. The van der Waals surface area contributed by atoms with Gasteiger partial charge in [0.05, 0.1) is 11.9 Å². The molecule has 1 aromatic carbocycles. The standard InChI is InChI=1S/C12H15N3/c13-8-4-7-11-9-14-15-12(11)10-5-2-1-3-6-10/h1-3,5-6,9H,4,7-8,13H2,(H,14,15). The quantitative estimate of drug-likeness (QED) is 0.794. The van der Waals surface area contributed by atoms with Gasteiger partial charge in [-0.05, 0) is 30.5 Å². The van der Waals surface area contributed by atoms with Crippen molar-refractivity contribution in [2.24, 2.45) is 5.73 Å². The molecule has 0 amide bonds. The number of hydrogen-bond acceptors (Lipinski definition) is 2. The Hall–Kier alpha value is -1.61. The molecule has 0 fully saturated rings. The Bertz CT molecular complexity index is 406. The zero-order chi connectivity index (χ0) is 10.5. The van der Waals surface area contributed by atoms with Crippen LogP contribution in [0, 0.1) is 0 Å². The van der Waals surface area contributed by atoms with Gasteiger partial charge in [0.25, 0.3) is 0 Å². The largest absolute Gasteiger partial charge is 0.330 e. The summed E-state index contributed by atoms with van der Waals surface area (Å²) in [7, 11) is 0. The summed E-state index contributed by atoms with van der Waals surface area (Å²) in [4.78, 5) is 0. The molecule has 0 atom stereocenters. The third kappa shape index (κ3) is 2.25. The van der Waals surface area contributed by atoms with Crippen LogP contribution >= 0.6 is 0 Å². The first-order valence-electron chi connectivity index (χ1n) is 5.19. The van der Waals surface area contributed by atoms with Gasteiger partial charge < -0.3 is 5.73 Å². The van der Waals surface area contributed by atoms with Gasteiger partial charge in [0.2, 0.25) is 0 Å². The molecule has 0 unspecified atom stereocenters. The van der Waals surface area contributed by atoms with Gasteiger partial charge in [0, 0.05) is 0 Å². The molecule has 0 spiro atoms. The van der Waals surface area contributed by atoms with E-state index in [0.29, 0.717) is 0 Å². The van der Waals surface area contributed by atoms with Crippen LogP contribution in [0.1, 0.15) is 12.0 Å². The average Bonchev–Trinajstić information content (AvgIpc) is 2.75. The molecule has 0 saturated heterocycles. The van der Waals surface area contributed by atoms with Crippen molar-refractivity contribution < 1.29 is 0 Å². The molecule has 0 aliphatic rings. The molecule has 0 aliphatic heterocycles. The van der Waals surface area contributed by atoms with Gasteiger partial charge in [-0.3, -0.25) is 5.10 Å². The van der Waals surface area contributed by atoms with Crippen molar-refractivity contribution in [3.8, 4) is 11.3 Å². The smallest absolute Gasteiger partial charge is 0.0682 e. The summed E-state index contributed by atoms with van der Waals surface area (Å²) < 4.78 is 0. The van der Waals surface area contributed by atoms with Crippen LogP contribution in [0.2, 0.25) is 0 Å². The van der Waals surface area contributed by atoms with Crippen LogP contribution < -0.4 is 5.73 Å². The minimum atomic E-state index is 0.722. The van der Waals surface area contributed by atoms with E-state index in [-0.39, 0.29) is 0 Å². The van der Waals surface area contributed by atoms with Gasteiger partial charge in [-0.25, -0.2) is 0 Å². The average molecular weight is 201 g/mol. The van der Waals surface area contributed by atoms with Crippen LogP contribution in [-0.4, -0.2) is 16.7 Å². The highest BCUT2D eigenvalue weighted by Gasteiger charge is 2.05. The third-order valence-electron chi connectivity index (χ3n) is 2.43. The fourth-order valence-electron chi connectivity index (χ4n) is 1.65. The molecule has 3 nitrogen and oxygen atoms in total. The Morgan fingerprint density at radius 1 is 1.20 bits per heavy atom. The maximum absolute atomic E-state index is 5.50. The zero-order valence-electron chi connectivity index (χ0n) is 8.61. The molecular formula is C12H15N3. The van der Waals surface area contributed by atoms with Crippen molar-refractivity contribution in [2.45, 2.75) is 12.8 Å². The van der Waals surface area contributed by atoms with Crippen molar-refractivity contribution >= 4 is 0 Å². The van der Waals surface area contributed by atoms with Crippen LogP contribution in [-0.2, 0) is 6.42 Å². The van der Waals surface area contributed by atoms with E-state index in [1.54, 1.807) is 0 Å². The number of nitrogens with two attached hydrogens (primary N) is 1. The molecule has 15 heavy (non-hydrogen) atoms. The molecule has 0 radical (unpaired) electrons. The summed E-state index contributed by atoms with van der Waals surface area (Å²) in [5.41, 5.74) is 9.04. The fourth-order valence-corrected chi connectivity index (χ4v) is 1.65. The van der Waals surface area contributed by atoms with E-state index in [0.717, 1.165) is 25.1 Å². The van der Waals surface area contributed by atoms with Crippen LogP contribution in [0.25, 0.3) is 11.3 Å². The van der Waals surface area contributed by atoms with Crippen molar-refractivity contribution in [2.75, 3.05) is 6.54 Å². The molecular weight excluding hydrogens is 186 g/mol. The lowest BCUT2D eigenvalue weighted by atomic mass is 10.1. The zero-order valence-corrected chi connectivity index (χ0v) is 8.61. The van der Waals surface area contributed by atoms with E-state index in [9.17, 15) is 0 Å². The maximum Gasteiger partial charge on any atom is 0.0682 e. The highest BCUT2D eigenvalue weighted by Crippen LogP contribution is 2.21. The lowest BCUT2D eigenvalue weighted by Gasteiger charge is -2.01. The second kappa shape index (κ2) is 4.75. The summed E-state index contributed by atoms with van der Waals surface area (Å²) in [5, 5.41) is 7.13. The lowest BCUT2D eigenvalue weighted by molar-refractivity contribution is 0.834. The monoisotopic (exact) mass is 201 g/mol. The fraction of sp³-hybridized carbons (Fsp3) is 0.250. The Labute approximate surface area is 89.3 Å². The van der Waals surface area contributed by atoms with Gasteiger partial charge in [-0.15, -0.1) is 0 Å². The number of nitrogens with zero attached hydrogens (tertiary/aromatic N) is 1. The van der Waals surface area contributed by atoms with Crippen molar-refractivity contribution in [3.63, 3.8) is 0 Å². The lowest BCUT2D eigenvalue weighted by Crippen LogP contribution is -2.00. The molecule has 1 heterocycles. The molecule has 2 aromatic rings. The highest BCUT2D eigenvalue weighted by molar-refractivity contribution is 5.62. The summed E-state index contributed by atoms with van der Waals surface area (Å²) in [6, 6.07) is 10.2. The van der Waals surface area contributed by atoms with Crippen LogP contribution in [0.3, 0.4) is 0 Å². The number of aromatic nitrogens is 2. The number of H-pyrrole nitrogens is 1. The summed E-state index contributed by atoms with van der Waals surface area (Å²) in [5.74, 6) is 0. The van der Waals surface area contributed by atoms with E-state index in [1.807, 2.05) is 24.4 Å². The number of rotatable bonds is 4. The molecule has 3 N–H and O–H groups in total. The van der Waals surface area contributed by atoms with E-state index < -0.39 is 0 Å². The Morgan fingerprint density at radius 3 is 2.73 bits per heavy atom. The first-order chi connectivity index (χ1) is 7.42. The van der Waals surface area contributed by atoms with Gasteiger partial charge >= 0.3 is 0 Å². The number of benzene rings is 1. The first-order valence-corrected chi connectivity index (χ1v) is 5.19. The van der Waals surface area contributed by atoms with Crippen molar-refractivity contribution in [1.29, 1.82) is 0 Å². The molecule has 78 valence electrons. The van der Waals surface area contributed by atoms with Gasteiger partial charge in [-0.2, -0.15) is 5.10 Å². The van der Waals surface area contributed by atoms with Crippen LogP contribution in [0.15, 0.2) is 36.5 Å². The summed E-state index contributed by atoms with van der Waals surface area (Å²) in [6.45, 7) is 0.722. The number of hydrogen-bond donors (Lipinski definition) is 2. The van der Waals surface area contributed by atoms with Crippen molar-refractivity contribution in [1.82, 2.24) is 10.2 Å². The minimum absolute atomic E-state index is 0.722. The van der Waals surface area contributed by atoms with Gasteiger partial charge in [0.15, 0.2) is 0 Å². The second-order valence-electron chi connectivity index (χ2n) is 3.53. The predicted octanol–water partition coefficient (Wildman–Crippen LogP) is 1.97. The molecule has 0 bridgehead atoms. The van der Waals surface area contributed by atoms with Gasteiger partial charge in [-0.1, -0.05) is 30.3 Å². The van der Waals surface area contributed by atoms with Crippen LogP contribution in [0.5, 0.6) is 0 Å². The molecule has 1 aromatic heterocycles. The summed E-state index contributed by atoms with van der Waals surface area (Å²) in [6.07, 6.45) is 3.87. The van der Waals surface area contributed by atoms with Crippen molar-refractivity contribution in [3.05, 3.63) is 42.1 Å². The Kier molecular flexibility index (Phi) is 3.15. The molecule has 2 rings (SSSR count). The minimum Gasteiger partial charge on any atom is -0.330 e. The van der Waals surface area contributed by atoms with E-state index in [1.165, 1.54) is 11.1 Å². The third-order valence-corrected chi connectivity index (χ3v) is 2.43. The first kappa shape index (κ1) is 9.93. The molecule has 0 saturated carbocycles. The summed E-state index contributed by atoms with van der Waals surface area (Å²) >= 11 is 0. The predicted molar refractivity (Wildman–Crippen MR) is 61.4 cm³/mol. The Morgan fingerprint density at radius 2 is 2.00 bits per heavy atom. The van der Waals surface area contributed by atoms with Gasteiger partial charge in [0.1, 0.15) is 0 Å². The maximum atomic E-state index is 5.50. The van der Waals surface area contributed by atoms with E-state index in [4.69, 9.17) is 5.73 Å². The SMILES string of the molecule is NCCCc1cn[nH]c1-c1ccccc1. The second-order valence-corrected chi connectivity index (χ2v) is 3.53.